The third-order valence-electron chi connectivity index (χ3n) is 5.21. The second-order valence-corrected chi connectivity index (χ2v) is 6.76. The van der Waals surface area contributed by atoms with E-state index < -0.39 is 5.60 Å². The van der Waals surface area contributed by atoms with Crippen LogP contribution >= 0.6 is 0 Å². The zero-order valence-corrected chi connectivity index (χ0v) is 13.2. The third kappa shape index (κ3) is 3.33. The molecule has 0 radical (unpaired) electrons. The second-order valence-electron chi connectivity index (χ2n) is 6.76. The average molecular weight is 303 g/mol. The van der Waals surface area contributed by atoms with Crippen molar-refractivity contribution in [2.45, 2.75) is 50.2 Å². The molecule has 4 heteroatoms. The number of benzene rings is 1. The molecule has 1 saturated heterocycles. The van der Waals surface area contributed by atoms with E-state index in [0.717, 1.165) is 57.2 Å². The highest BCUT2D eigenvalue weighted by Crippen LogP contribution is 2.36. The molecule has 1 aromatic carbocycles. The highest BCUT2D eigenvalue weighted by Gasteiger charge is 2.41. The molecule has 2 aliphatic rings. The van der Waals surface area contributed by atoms with Gasteiger partial charge in [0, 0.05) is 18.9 Å². The highest BCUT2D eigenvalue weighted by molar-refractivity contribution is 5.73. The molecule has 120 valence electrons. The maximum Gasteiger partial charge on any atom is 0.309 e. The van der Waals surface area contributed by atoms with Gasteiger partial charge in [0.25, 0.3) is 0 Å². The second kappa shape index (κ2) is 6.80. The topological polar surface area (TPSA) is 68.9 Å². The van der Waals surface area contributed by atoms with Gasteiger partial charge in [0.15, 0.2) is 0 Å². The molecular weight excluding hydrogens is 276 g/mol. The SMILES string of the molecule is NC1CCC(C(=O)OC2(c3ccccc3)CC[NH2+]CC2)CC1. The fourth-order valence-corrected chi connectivity index (χ4v) is 3.76. The quantitative estimate of drug-likeness (QED) is 0.827. The van der Waals surface area contributed by atoms with Crippen LogP contribution in [0.2, 0.25) is 0 Å². The summed E-state index contributed by atoms with van der Waals surface area (Å²) in [5.41, 5.74) is 6.66. The van der Waals surface area contributed by atoms with Crippen molar-refractivity contribution in [1.29, 1.82) is 0 Å². The Balaban J connectivity index is 1.74. The van der Waals surface area contributed by atoms with Crippen LogP contribution in [0.4, 0.5) is 0 Å². The summed E-state index contributed by atoms with van der Waals surface area (Å²) in [5.74, 6) is 0.0175. The van der Waals surface area contributed by atoms with Gasteiger partial charge in [0.1, 0.15) is 5.60 Å². The van der Waals surface area contributed by atoms with Gasteiger partial charge in [0.05, 0.1) is 19.0 Å². The summed E-state index contributed by atoms with van der Waals surface area (Å²) >= 11 is 0. The van der Waals surface area contributed by atoms with E-state index in [9.17, 15) is 4.79 Å². The fourth-order valence-electron chi connectivity index (χ4n) is 3.76. The molecule has 1 saturated carbocycles. The number of hydrogen-bond donors (Lipinski definition) is 2. The lowest BCUT2D eigenvalue weighted by Gasteiger charge is -2.37. The predicted molar refractivity (Wildman–Crippen MR) is 85.0 cm³/mol. The van der Waals surface area contributed by atoms with E-state index in [0.29, 0.717) is 0 Å². The molecule has 0 atom stereocenters. The van der Waals surface area contributed by atoms with Crippen LogP contribution in [0.25, 0.3) is 0 Å². The first-order chi connectivity index (χ1) is 10.7. The average Bonchev–Trinajstić information content (AvgIpc) is 2.57. The van der Waals surface area contributed by atoms with E-state index in [2.05, 4.69) is 17.4 Å². The van der Waals surface area contributed by atoms with E-state index >= 15 is 0 Å². The Morgan fingerprint density at radius 1 is 1.09 bits per heavy atom. The fraction of sp³-hybridized carbons (Fsp3) is 0.611. The lowest BCUT2D eigenvalue weighted by molar-refractivity contribution is -0.668. The van der Waals surface area contributed by atoms with Crippen molar-refractivity contribution in [3.05, 3.63) is 35.9 Å². The Morgan fingerprint density at radius 2 is 1.73 bits per heavy atom. The number of nitrogens with two attached hydrogens (primary N) is 2. The van der Waals surface area contributed by atoms with Gasteiger partial charge in [0.2, 0.25) is 0 Å². The van der Waals surface area contributed by atoms with Gasteiger partial charge in [-0.1, -0.05) is 30.3 Å². The molecule has 1 aliphatic carbocycles. The Bertz CT molecular complexity index is 489. The molecule has 0 unspecified atom stereocenters. The van der Waals surface area contributed by atoms with Crippen LogP contribution in [0.3, 0.4) is 0 Å². The Kier molecular flexibility index (Phi) is 4.79. The van der Waals surface area contributed by atoms with Crippen molar-refractivity contribution in [3.63, 3.8) is 0 Å². The van der Waals surface area contributed by atoms with E-state index in [1.54, 1.807) is 0 Å². The molecule has 0 bridgehead atoms. The number of ether oxygens (including phenoxy) is 1. The van der Waals surface area contributed by atoms with Crippen LogP contribution in [-0.2, 0) is 15.1 Å². The molecule has 22 heavy (non-hydrogen) atoms. The number of esters is 1. The highest BCUT2D eigenvalue weighted by atomic mass is 16.6. The minimum absolute atomic E-state index is 0.0161. The molecule has 2 fully saturated rings. The minimum atomic E-state index is -0.424. The van der Waals surface area contributed by atoms with Crippen molar-refractivity contribution < 1.29 is 14.8 Å². The van der Waals surface area contributed by atoms with Gasteiger partial charge < -0.3 is 15.8 Å². The number of carbonyl (C=O) groups excluding carboxylic acids is 1. The first-order valence-corrected chi connectivity index (χ1v) is 8.55. The van der Waals surface area contributed by atoms with Crippen LogP contribution in [0.1, 0.15) is 44.1 Å². The van der Waals surface area contributed by atoms with Crippen LogP contribution < -0.4 is 11.1 Å². The van der Waals surface area contributed by atoms with Gasteiger partial charge >= 0.3 is 5.97 Å². The standard InChI is InChI=1S/C18H26N2O2/c19-16-8-6-14(7-9-16)17(21)22-18(10-12-20-13-11-18)15-4-2-1-3-5-15/h1-5,14,16,20H,6-13,19H2/p+1. The number of carbonyl (C=O) groups is 1. The van der Waals surface area contributed by atoms with Crippen LogP contribution in [-0.4, -0.2) is 25.1 Å². The molecular formula is C18H27N2O2+. The molecule has 4 N–H and O–H groups in total. The largest absolute Gasteiger partial charge is 0.453 e. The summed E-state index contributed by atoms with van der Waals surface area (Å²) in [6.07, 6.45) is 5.41. The first-order valence-electron chi connectivity index (χ1n) is 8.55. The monoisotopic (exact) mass is 303 g/mol. The lowest BCUT2D eigenvalue weighted by Crippen LogP contribution is -2.87. The Hall–Kier alpha value is -1.39. The number of rotatable bonds is 3. The molecule has 1 heterocycles. The summed E-state index contributed by atoms with van der Waals surface area (Å²) in [5, 5.41) is 2.30. The summed E-state index contributed by atoms with van der Waals surface area (Å²) in [6, 6.07) is 10.5. The summed E-state index contributed by atoms with van der Waals surface area (Å²) in [6.45, 7) is 2.02. The zero-order valence-electron chi connectivity index (χ0n) is 13.2. The van der Waals surface area contributed by atoms with Crippen LogP contribution in [0.5, 0.6) is 0 Å². The van der Waals surface area contributed by atoms with E-state index in [4.69, 9.17) is 10.5 Å². The number of hydrogen-bond acceptors (Lipinski definition) is 3. The molecule has 0 spiro atoms. The molecule has 0 aromatic heterocycles. The van der Waals surface area contributed by atoms with Crippen molar-refractivity contribution in [3.8, 4) is 0 Å². The van der Waals surface area contributed by atoms with Crippen LogP contribution in [0.15, 0.2) is 30.3 Å². The third-order valence-corrected chi connectivity index (χ3v) is 5.21. The summed E-state index contributed by atoms with van der Waals surface area (Å²) in [7, 11) is 0. The molecule has 1 aromatic rings. The number of piperidine rings is 1. The van der Waals surface area contributed by atoms with Crippen LogP contribution in [0, 0.1) is 5.92 Å². The zero-order chi connectivity index (χ0) is 15.4. The number of quaternary nitrogens is 1. The summed E-state index contributed by atoms with van der Waals surface area (Å²) in [4.78, 5) is 12.7. The Morgan fingerprint density at radius 3 is 2.36 bits per heavy atom. The first kappa shape index (κ1) is 15.5. The molecule has 0 amide bonds. The predicted octanol–water partition coefficient (Wildman–Crippen LogP) is 1.30. The maximum atomic E-state index is 12.7. The molecule has 4 nitrogen and oxygen atoms in total. The van der Waals surface area contributed by atoms with Crippen molar-refractivity contribution in [1.82, 2.24) is 0 Å². The Labute approximate surface area is 132 Å². The van der Waals surface area contributed by atoms with Crippen molar-refractivity contribution >= 4 is 5.97 Å². The van der Waals surface area contributed by atoms with E-state index in [-0.39, 0.29) is 17.9 Å². The van der Waals surface area contributed by atoms with Gasteiger partial charge in [-0.3, -0.25) is 4.79 Å². The van der Waals surface area contributed by atoms with E-state index in [1.165, 1.54) is 0 Å². The molecule has 3 rings (SSSR count). The van der Waals surface area contributed by atoms with Crippen molar-refractivity contribution in [2.75, 3.05) is 13.1 Å². The van der Waals surface area contributed by atoms with Gasteiger partial charge in [-0.05, 0) is 31.2 Å². The molecule has 1 aliphatic heterocycles. The maximum absolute atomic E-state index is 12.7. The van der Waals surface area contributed by atoms with Gasteiger partial charge in [-0.25, -0.2) is 0 Å². The van der Waals surface area contributed by atoms with Crippen molar-refractivity contribution in [2.24, 2.45) is 11.7 Å². The van der Waals surface area contributed by atoms with E-state index in [1.807, 2.05) is 18.2 Å². The smallest absolute Gasteiger partial charge is 0.309 e. The summed E-state index contributed by atoms with van der Waals surface area (Å²) < 4.78 is 6.14. The minimum Gasteiger partial charge on any atom is -0.453 e. The van der Waals surface area contributed by atoms with Gasteiger partial charge in [-0.15, -0.1) is 0 Å². The van der Waals surface area contributed by atoms with Gasteiger partial charge in [-0.2, -0.15) is 0 Å². The normalized spacial score (nSPS) is 28.0. The lowest BCUT2D eigenvalue weighted by atomic mass is 9.83.